The molecule has 1 saturated heterocycles. The number of ether oxygens (including phenoxy) is 4. The van der Waals surface area contributed by atoms with Gasteiger partial charge in [0.1, 0.15) is 11.5 Å². The molecule has 7 nitrogen and oxygen atoms in total. The van der Waals surface area contributed by atoms with Crippen LogP contribution in [0.3, 0.4) is 0 Å². The van der Waals surface area contributed by atoms with E-state index in [0.717, 1.165) is 23.8 Å². The van der Waals surface area contributed by atoms with Crippen molar-refractivity contribution in [1.29, 1.82) is 0 Å². The first-order valence-electron chi connectivity index (χ1n) is 10.5. The van der Waals surface area contributed by atoms with Crippen molar-refractivity contribution < 1.29 is 23.7 Å². The molecule has 0 atom stereocenters. The van der Waals surface area contributed by atoms with Crippen molar-refractivity contribution in [2.75, 3.05) is 45.4 Å². The topological polar surface area (TPSA) is 70.1 Å². The van der Waals surface area contributed by atoms with Gasteiger partial charge in [-0.15, -0.1) is 11.3 Å². The lowest BCUT2D eigenvalue weighted by Gasteiger charge is -2.30. The van der Waals surface area contributed by atoms with Gasteiger partial charge in [-0.05, 0) is 18.2 Å². The lowest BCUT2D eigenvalue weighted by atomic mass is 10.0. The number of aromatic nitrogens is 1. The van der Waals surface area contributed by atoms with E-state index >= 15 is 0 Å². The minimum absolute atomic E-state index is 0.0302. The maximum Gasteiger partial charge on any atom is 0.203 e. The molecule has 1 aliphatic heterocycles. The number of morpholine rings is 1. The Morgan fingerprint density at radius 3 is 2.61 bits per heavy atom. The molecule has 2 heterocycles. The average Bonchev–Trinajstić information content (AvgIpc) is 3.33. The number of benzene rings is 2. The normalized spacial score (nSPS) is 13.6. The Morgan fingerprint density at radius 2 is 1.91 bits per heavy atom. The van der Waals surface area contributed by atoms with Crippen LogP contribution in [0.1, 0.15) is 10.6 Å². The van der Waals surface area contributed by atoms with Crippen LogP contribution in [0.5, 0.6) is 23.0 Å². The van der Waals surface area contributed by atoms with E-state index in [1.54, 1.807) is 32.5 Å². The third-order valence-electron chi connectivity index (χ3n) is 5.29. The number of rotatable bonds is 9. The molecule has 2 aromatic carbocycles. The lowest BCUT2D eigenvalue weighted by molar-refractivity contribution is -0.117. The van der Waals surface area contributed by atoms with Crippen LogP contribution in [0, 0.1) is 0 Å². The van der Waals surface area contributed by atoms with Crippen molar-refractivity contribution in [3.05, 3.63) is 57.5 Å². The summed E-state index contributed by atoms with van der Waals surface area (Å²) in [5.41, 5.74) is 1.54. The van der Waals surface area contributed by atoms with E-state index < -0.39 is 0 Å². The summed E-state index contributed by atoms with van der Waals surface area (Å²) in [6.07, 6.45) is 2.14. The second kappa shape index (κ2) is 10.9. The molecular weight excluding hydrogens is 464 g/mol. The largest absolute Gasteiger partial charge is 0.493 e. The van der Waals surface area contributed by atoms with Crippen molar-refractivity contribution in [1.82, 2.24) is 4.98 Å². The molecule has 1 aromatic heterocycles. The number of hydrogen-bond donors (Lipinski definition) is 0. The van der Waals surface area contributed by atoms with Crippen molar-refractivity contribution >= 4 is 34.4 Å². The summed E-state index contributed by atoms with van der Waals surface area (Å²) in [6.45, 7) is 2.71. The van der Waals surface area contributed by atoms with Gasteiger partial charge < -0.3 is 23.8 Å². The second-order valence-electron chi connectivity index (χ2n) is 7.42. The van der Waals surface area contributed by atoms with Gasteiger partial charge in [0.05, 0.1) is 49.6 Å². The molecule has 0 amide bonds. The van der Waals surface area contributed by atoms with Crippen LogP contribution in [-0.4, -0.2) is 51.3 Å². The highest BCUT2D eigenvalue weighted by Crippen LogP contribution is 2.42. The summed E-state index contributed by atoms with van der Waals surface area (Å²) < 4.78 is 22.7. The molecule has 0 aliphatic carbocycles. The van der Waals surface area contributed by atoms with Gasteiger partial charge in [-0.1, -0.05) is 17.7 Å². The third-order valence-corrected chi connectivity index (χ3v) is 6.37. The number of nitrogens with zero attached hydrogens (tertiary/aromatic N) is 2. The Balaban J connectivity index is 1.69. The predicted molar refractivity (Wildman–Crippen MR) is 129 cm³/mol. The quantitative estimate of drug-likeness (QED) is 0.428. The molecule has 1 fully saturated rings. The lowest BCUT2D eigenvalue weighted by Crippen LogP contribution is -2.36. The number of thiazole rings is 1. The molecule has 0 bridgehead atoms. The number of ketones is 1. The van der Waals surface area contributed by atoms with Gasteiger partial charge in [0.2, 0.25) is 5.75 Å². The van der Waals surface area contributed by atoms with Crippen LogP contribution in [0.15, 0.2) is 41.9 Å². The van der Waals surface area contributed by atoms with Crippen LogP contribution in [0.2, 0.25) is 5.02 Å². The molecule has 1 aliphatic rings. The Hall–Kier alpha value is -2.81. The fourth-order valence-corrected chi connectivity index (χ4v) is 4.65. The van der Waals surface area contributed by atoms with Crippen LogP contribution in [0.25, 0.3) is 0 Å². The van der Waals surface area contributed by atoms with E-state index in [1.807, 2.05) is 23.6 Å². The monoisotopic (exact) mass is 488 g/mol. The Bertz CT molecular complexity index is 1100. The summed E-state index contributed by atoms with van der Waals surface area (Å²) in [5, 5.41) is 3.21. The van der Waals surface area contributed by atoms with E-state index in [-0.39, 0.29) is 18.6 Å². The molecule has 0 unspecified atom stereocenters. The van der Waals surface area contributed by atoms with Gasteiger partial charge in [0, 0.05) is 42.7 Å². The average molecular weight is 489 g/mol. The Labute approximate surface area is 201 Å². The van der Waals surface area contributed by atoms with Gasteiger partial charge >= 0.3 is 0 Å². The van der Waals surface area contributed by atoms with E-state index in [0.29, 0.717) is 46.8 Å². The first-order valence-corrected chi connectivity index (χ1v) is 11.8. The van der Waals surface area contributed by atoms with Crippen molar-refractivity contribution in [3.63, 3.8) is 0 Å². The summed E-state index contributed by atoms with van der Waals surface area (Å²) in [5.74, 6) is 2.09. The highest BCUT2D eigenvalue weighted by molar-refractivity contribution is 7.09. The zero-order chi connectivity index (χ0) is 23.2. The van der Waals surface area contributed by atoms with Crippen molar-refractivity contribution in [2.24, 2.45) is 0 Å². The highest BCUT2D eigenvalue weighted by Gasteiger charge is 2.21. The Morgan fingerprint density at radius 1 is 1.12 bits per heavy atom. The minimum Gasteiger partial charge on any atom is -0.493 e. The van der Waals surface area contributed by atoms with Crippen LogP contribution in [-0.2, 0) is 22.4 Å². The number of halogens is 1. The molecule has 0 N–H and O–H groups in total. The van der Waals surface area contributed by atoms with Crippen LogP contribution >= 0.6 is 22.9 Å². The molecule has 9 heteroatoms. The third kappa shape index (κ3) is 5.58. The first kappa shape index (κ1) is 23.4. The molecule has 33 heavy (non-hydrogen) atoms. The summed E-state index contributed by atoms with van der Waals surface area (Å²) in [4.78, 5) is 19.2. The number of anilines is 1. The number of para-hydroxylation sites is 1. The fraction of sp³-hybridized carbons (Fsp3) is 0.333. The zero-order valence-corrected chi connectivity index (χ0v) is 20.1. The van der Waals surface area contributed by atoms with Gasteiger partial charge in [0.25, 0.3) is 0 Å². The SMILES string of the molecule is COc1cccc(Oc2cc(N3CCOCC3)c(Cl)cc2CC(=O)Cc2nccs2)c1OC. The molecule has 0 spiro atoms. The smallest absolute Gasteiger partial charge is 0.203 e. The van der Waals surface area contributed by atoms with Gasteiger partial charge in [-0.2, -0.15) is 0 Å². The fourth-order valence-electron chi connectivity index (χ4n) is 3.70. The zero-order valence-electron chi connectivity index (χ0n) is 18.5. The number of Topliss-reactive ketones (excluding diaryl/α,β-unsaturated/α-hetero) is 1. The number of hydrogen-bond acceptors (Lipinski definition) is 8. The van der Waals surface area contributed by atoms with E-state index in [9.17, 15) is 4.79 Å². The standard InChI is InChI=1S/C24H25ClN2O5S/c1-29-20-4-3-5-21(24(20)30-2)32-22-15-19(27-7-9-31-10-8-27)18(25)13-16(22)12-17(28)14-23-26-6-11-33-23/h3-6,11,13,15H,7-10,12,14H2,1-2H3. The van der Waals surface area contributed by atoms with Crippen molar-refractivity contribution in [2.45, 2.75) is 12.8 Å². The minimum atomic E-state index is 0.0302. The van der Waals surface area contributed by atoms with Crippen LogP contribution < -0.4 is 19.1 Å². The first-order chi connectivity index (χ1) is 16.1. The summed E-state index contributed by atoms with van der Waals surface area (Å²) in [7, 11) is 3.13. The maximum absolute atomic E-state index is 12.8. The highest BCUT2D eigenvalue weighted by atomic mass is 35.5. The maximum atomic E-state index is 12.8. The summed E-state index contributed by atoms with van der Waals surface area (Å²) in [6, 6.07) is 9.12. The summed E-state index contributed by atoms with van der Waals surface area (Å²) >= 11 is 8.13. The number of carbonyl (C=O) groups excluding carboxylic acids is 1. The molecule has 3 aromatic rings. The number of methoxy groups -OCH3 is 2. The van der Waals surface area contributed by atoms with Crippen LogP contribution in [0.4, 0.5) is 5.69 Å². The van der Waals surface area contributed by atoms with Crippen molar-refractivity contribution in [3.8, 4) is 23.0 Å². The predicted octanol–water partition coefficient (Wildman–Crippen LogP) is 4.80. The molecular formula is C24H25ClN2O5S. The molecule has 174 valence electrons. The molecule has 0 radical (unpaired) electrons. The molecule has 0 saturated carbocycles. The van der Waals surface area contributed by atoms with E-state index in [1.165, 1.54) is 11.3 Å². The van der Waals surface area contributed by atoms with Gasteiger partial charge in [-0.3, -0.25) is 4.79 Å². The van der Waals surface area contributed by atoms with E-state index in [2.05, 4.69) is 9.88 Å². The van der Waals surface area contributed by atoms with E-state index in [4.69, 9.17) is 30.5 Å². The molecule has 4 rings (SSSR count). The second-order valence-corrected chi connectivity index (χ2v) is 8.81. The Kier molecular flexibility index (Phi) is 7.69. The van der Waals surface area contributed by atoms with Gasteiger partial charge in [-0.25, -0.2) is 4.98 Å². The van der Waals surface area contributed by atoms with Gasteiger partial charge in [0.15, 0.2) is 11.5 Å². The number of carbonyl (C=O) groups is 1.